The van der Waals surface area contributed by atoms with Gasteiger partial charge in [-0.05, 0) is 12.1 Å². The highest BCUT2D eigenvalue weighted by Gasteiger charge is 2.26. The maximum Gasteiger partial charge on any atom is 0.339 e. The van der Waals surface area contributed by atoms with Gasteiger partial charge in [-0.15, -0.1) is 0 Å². The molecule has 2 heterocycles. The van der Waals surface area contributed by atoms with E-state index in [2.05, 4.69) is 13.2 Å². The molecule has 0 amide bonds. The number of carbonyl (C=O) groups excluding carboxylic acids is 4. The zero-order chi connectivity index (χ0) is 24.5. The second-order valence-electron chi connectivity index (χ2n) is 7.63. The van der Waals surface area contributed by atoms with Crippen LogP contribution in [0.3, 0.4) is 0 Å². The lowest BCUT2D eigenvalue weighted by Crippen LogP contribution is -2.17. The van der Waals surface area contributed by atoms with Crippen molar-refractivity contribution in [1.82, 2.24) is 0 Å². The molecule has 1 aromatic carbocycles. The Balaban J connectivity index is 1.41. The van der Waals surface area contributed by atoms with Crippen LogP contribution >= 0.6 is 0 Å². The Bertz CT molecular complexity index is 881. The molecule has 2 aliphatic rings. The summed E-state index contributed by atoms with van der Waals surface area (Å²) < 4.78 is 30.3. The van der Waals surface area contributed by atoms with Crippen molar-refractivity contribution in [2.24, 2.45) is 0 Å². The fourth-order valence-electron chi connectivity index (χ4n) is 2.60. The van der Waals surface area contributed by atoms with Crippen molar-refractivity contribution in [1.29, 1.82) is 0 Å². The molecule has 3 rings (SSSR count). The SMILES string of the molecule is C=C(CCOC(=O)c1ccccc1C(=O)OCCC(=C)C(=O)OCC1CO1)C(=O)OCC1CO1. The van der Waals surface area contributed by atoms with Crippen LogP contribution in [0, 0.1) is 0 Å². The zero-order valence-corrected chi connectivity index (χ0v) is 18.6. The molecule has 0 saturated carbocycles. The first kappa shape index (κ1) is 25.1. The Morgan fingerprint density at radius 1 is 0.735 bits per heavy atom. The van der Waals surface area contributed by atoms with Crippen LogP contribution in [0.25, 0.3) is 0 Å². The summed E-state index contributed by atoms with van der Waals surface area (Å²) in [4.78, 5) is 48.5. The second-order valence-corrected chi connectivity index (χ2v) is 7.63. The first-order valence-corrected chi connectivity index (χ1v) is 10.7. The van der Waals surface area contributed by atoms with Crippen LogP contribution < -0.4 is 0 Å². The summed E-state index contributed by atoms with van der Waals surface area (Å²) in [5.41, 5.74) is 0.331. The molecule has 0 aliphatic carbocycles. The van der Waals surface area contributed by atoms with Gasteiger partial charge in [0.25, 0.3) is 0 Å². The summed E-state index contributed by atoms with van der Waals surface area (Å²) in [6.45, 7) is 8.47. The van der Waals surface area contributed by atoms with Gasteiger partial charge in [-0.2, -0.15) is 0 Å². The quantitative estimate of drug-likeness (QED) is 0.170. The Kier molecular flexibility index (Phi) is 8.94. The minimum atomic E-state index is -0.754. The first-order chi connectivity index (χ1) is 16.3. The number of epoxide rings is 2. The van der Waals surface area contributed by atoms with Crippen LogP contribution in [0.5, 0.6) is 0 Å². The van der Waals surface area contributed by atoms with Crippen molar-refractivity contribution >= 4 is 23.9 Å². The molecule has 2 saturated heterocycles. The van der Waals surface area contributed by atoms with Gasteiger partial charge in [-0.3, -0.25) is 0 Å². The molecule has 0 radical (unpaired) electrons. The van der Waals surface area contributed by atoms with Crippen LogP contribution in [0.1, 0.15) is 33.6 Å². The van der Waals surface area contributed by atoms with Crippen LogP contribution in [-0.2, 0) is 38.0 Å². The van der Waals surface area contributed by atoms with Gasteiger partial charge in [0, 0.05) is 24.0 Å². The lowest BCUT2D eigenvalue weighted by atomic mass is 10.1. The van der Waals surface area contributed by atoms with Gasteiger partial charge in [0.05, 0.1) is 37.6 Å². The van der Waals surface area contributed by atoms with E-state index in [-0.39, 0.29) is 73.8 Å². The predicted octanol–water partition coefficient (Wildman–Crippen LogP) is 1.78. The van der Waals surface area contributed by atoms with Crippen molar-refractivity contribution in [3.8, 4) is 0 Å². The molecule has 0 N–H and O–H groups in total. The molecule has 2 aliphatic heterocycles. The van der Waals surface area contributed by atoms with Gasteiger partial charge >= 0.3 is 23.9 Å². The highest BCUT2D eigenvalue weighted by Crippen LogP contribution is 2.15. The average Bonchev–Trinajstić information content (AvgIpc) is 3.75. The van der Waals surface area contributed by atoms with E-state index in [1.54, 1.807) is 12.1 Å². The largest absolute Gasteiger partial charge is 0.462 e. The monoisotopic (exact) mass is 474 g/mol. The fourth-order valence-corrected chi connectivity index (χ4v) is 2.60. The highest BCUT2D eigenvalue weighted by molar-refractivity contribution is 6.03. The molecule has 0 aromatic heterocycles. The zero-order valence-electron chi connectivity index (χ0n) is 18.6. The molecule has 34 heavy (non-hydrogen) atoms. The lowest BCUT2D eigenvalue weighted by Gasteiger charge is -2.11. The van der Waals surface area contributed by atoms with Crippen LogP contribution in [0.2, 0.25) is 0 Å². The number of carbonyl (C=O) groups is 4. The second kappa shape index (κ2) is 12.1. The standard InChI is InChI=1S/C24H26O10/c1-15(21(25)33-13-17-11-31-17)7-9-29-23(27)19-5-3-4-6-20(19)24(28)30-10-8-16(2)22(26)34-14-18-12-32-18/h3-6,17-18H,1-2,7-14H2. The third-order valence-electron chi connectivity index (χ3n) is 4.82. The van der Waals surface area contributed by atoms with Crippen molar-refractivity contribution in [3.63, 3.8) is 0 Å². The average molecular weight is 474 g/mol. The third kappa shape index (κ3) is 8.13. The van der Waals surface area contributed by atoms with Crippen LogP contribution in [-0.4, -0.2) is 75.7 Å². The first-order valence-electron chi connectivity index (χ1n) is 10.7. The lowest BCUT2D eigenvalue weighted by molar-refractivity contribution is -0.140. The van der Waals surface area contributed by atoms with Gasteiger partial charge in [0.15, 0.2) is 0 Å². The highest BCUT2D eigenvalue weighted by atomic mass is 16.6. The molecular weight excluding hydrogens is 448 g/mol. The van der Waals surface area contributed by atoms with Crippen molar-refractivity contribution < 1.29 is 47.6 Å². The van der Waals surface area contributed by atoms with E-state index in [0.717, 1.165) is 0 Å². The van der Waals surface area contributed by atoms with Gasteiger partial charge in [0.2, 0.25) is 0 Å². The van der Waals surface area contributed by atoms with E-state index in [0.29, 0.717) is 13.2 Å². The maximum absolute atomic E-state index is 12.5. The van der Waals surface area contributed by atoms with Crippen molar-refractivity contribution in [2.45, 2.75) is 25.0 Å². The molecule has 182 valence electrons. The Labute approximate surface area is 196 Å². The topological polar surface area (TPSA) is 130 Å². The molecule has 0 bridgehead atoms. The van der Waals surface area contributed by atoms with Crippen LogP contribution in [0.15, 0.2) is 48.6 Å². The number of hydrogen-bond donors (Lipinski definition) is 0. The third-order valence-corrected chi connectivity index (χ3v) is 4.82. The molecule has 2 atom stereocenters. The van der Waals surface area contributed by atoms with E-state index in [1.807, 2.05) is 0 Å². The number of hydrogen-bond acceptors (Lipinski definition) is 10. The van der Waals surface area contributed by atoms with Crippen molar-refractivity contribution in [3.05, 3.63) is 59.7 Å². The van der Waals surface area contributed by atoms with Crippen molar-refractivity contribution in [2.75, 3.05) is 39.6 Å². The Morgan fingerprint density at radius 3 is 1.47 bits per heavy atom. The molecule has 0 spiro atoms. The molecular formula is C24H26O10. The molecule has 2 unspecified atom stereocenters. The predicted molar refractivity (Wildman–Crippen MR) is 116 cm³/mol. The number of ether oxygens (including phenoxy) is 6. The van der Waals surface area contributed by atoms with Crippen LogP contribution in [0.4, 0.5) is 0 Å². The number of esters is 4. The minimum Gasteiger partial charge on any atom is -0.462 e. The minimum absolute atomic E-state index is 0.00856. The summed E-state index contributed by atoms with van der Waals surface area (Å²) in [5.74, 6) is -2.67. The summed E-state index contributed by atoms with van der Waals surface area (Å²) in [6, 6.07) is 6.00. The summed E-state index contributed by atoms with van der Waals surface area (Å²) in [6.07, 6.45) is 0.0435. The molecule has 2 fully saturated rings. The van der Waals surface area contributed by atoms with Gasteiger partial charge < -0.3 is 28.4 Å². The normalized spacial score (nSPS) is 17.8. The molecule has 10 heteroatoms. The van der Waals surface area contributed by atoms with Gasteiger partial charge in [-0.1, -0.05) is 25.3 Å². The van der Waals surface area contributed by atoms with E-state index >= 15 is 0 Å². The Hall–Kier alpha value is -3.50. The van der Waals surface area contributed by atoms with Gasteiger partial charge in [0.1, 0.15) is 25.4 Å². The number of rotatable bonds is 14. The summed E-state index contributed by atoms with van der Waals surface area (Å²) in [7, 11) is 0. The smallest absolute Gasteiger partial charge is 0.339 e. The molecule has 10 nitrogen and oxygen atoms in total. The van der Waals surface area contributed by atoms with E-state index in [1.165, 1.54) is 12.1 Å². The maximum atomic E-state index is 12.5. The van der Waals surface area contributed by atoms with Gasteiger partial charge in [-0.25, -0.2) is 19.2 Å². The number of benzene rings is 1. The fraction of sp³-hybridized carbons (Fsp3) is 0.417. The van der Waals surface area contributed by atoms with E-state index < -0.39 is 23.9 Å². The van der Waals surface area contributed by atoms with E-state index in [4.69, 9.17) is 28.4 Å². The summed E-state index contributed by atoms with van der Waals surface area (Å²) in [5, 5.41) is 0. The van der Waals surface area contributed by atoms with E-state index in [9.17, 15) is 19.2 Å². The molecule has 1 aromatic rings. The Morgan fingerprint density at radius 2 is 1.12 bits per heavy atom. The summed E-state index contributed by atoms with van der Waals surface area (Å²) >= 11 is 0.